The molecular formula is C29H25BrN4O4. The molecule has 0 aliphatic carbocycles. The van der Waals surface area contributed by atoms with Gasteiger partial charge in [0.05, 0.1) is 48.7 Å². The van der Waals surface area contributed by atoms with E-state index in [4.69, 9.17) is 15.2 Å². The zero-order chi connectivity index (χ0) is 27.2. The molecule has 1 heterocycles. The highest BCUT2D eigenvalue weighted by Gasteiger charge is 2.43. The number of nitrogens with one attached hydrogen (secondary N) is 1. The minimum absolute atomic E-state index is 0.00438. The van der Waals surface area contributed by atoms with E-state index in [1.807, 2.05) is 48.5 Å². The quantitative estimate of drug-likeness (QED) is 0.381. The first-order chi connectivity index (χ1) is 18.4. The topological polar surface area (TPSA) is 118 Å². The molecule has 0 amide bonds. The van der Waals surface area contributed by atoms with Crippen molar-refractivity contribution in [2.75, 3.05) is 24.4 Å². The third kappa shape index (κ3) is 5.12. The van der Waals surface area contributed by atoms with Crippen LogP contribution in [0.1, 0.15) is 17.0 Å². The Morgan fingerprint density at radius 1 is 1.00 bits per heavy atom. The number of methoxy groups -OCH3 is 2. The van der Waals surface area contributed by atoms with E-state index in [1.54, 1.807) is 30.3 Å². The number of hydrogen-bond donors (Lipinski definition) is 2. The molecule has 3 aromatic carbocycles. The summed E-state index contributed by atoms with van der Waals surface area (Å²) in [7, 11) is 2.44. The van der Waals surface area contributed by atoms with Gasteiger partial charge in [-0.2, -0.15) is 5.26 Å². The lowest BCUT2D eigenvalue weighted by molar-refractivity contribution is -0.139. The normalized spacial score (nSPS) is 15.1. The van der Waals surface area contributed by atoms with E-state index in [9.17, 15) is 14.9 Å². The number of hydrogen-bond acceptors (Lipinski definition) is 8. The molecule has 0 radical (unpaired) electrons. The van der Waals surface area contributed by atoms with Gasteiger partial charge in [0.15, 0.2) is 0 Å². The van der Waals surface area contributed by atoms with Crippen LogP contribution in [0.2, 0.25) is 0 Å². The number of allylic oxidation sites excluding steroid dienone is 1. The molecule has 0 spiro atoms. The summed E-state index contributed by atoms with van der Waals surface area (Å²) < 4.78 is 10.9. The minimum Gasteiger partial charge on any atom is -0.466 e. The van der Waals surface area contributed by atoms with Crippen molar-refractivity contribution >= 4 is 39.2 Å². The molecule has 1 unspecified atom stereocenters. The Morgan fingerprint density at radius 3 is 2.24 bits per heavy atom. The maximum Gasteiger partial charge on any atom is 0.355 e. The number of ether oxygens (including phenoxy) is 2. The van der Waals surface area contributed by atoms with Crippen LogP contribution in [-0.4, -0.2) is 26.2 Å². The molecule has 0 bridgehead atoms. The summed E-state index contributed by atoms with van der Waals surface area (Å²) in [5, 5.41) is 13.6. The Balaban J connectivity index is 1.97. The predicted octanol–water partition coefficient (Wildman–Crippen LogP) is 4.96. The third-order valence-electron chi connectivity index (χ3n) is 6.14. The van der Waals surface area contributed by atoms with Gasteiger partial charge in [-0.25, -0.2) is 9.59 Å². The van der Waals surface area contributed by atoms with Crippen LogP contribution in [0.3, 0.4) is 0 Å². The van der Waals surface area contributed by atoms with Gasteiger partial charge in [0.25, 0.3) is 0 Å². The zero-order valence-corrected chi connectivity index (χ0v) is 22.4. The van der Waals surface area contributed by atoms with E-state index in [0.29, 0.717) is 28.0 Å². The number of rotatable bonds is 7. The molecule has 3 aromatic rings. The highest BCUT2D eigenvalue weighted by atomic mass is 79.9. The van der Waals surface area contributed by atoms with Crippen LogP contribution in [-0.2, 0) is 25.6 Å². The molecule has 192 valence electrons. The average molecular weight is 573 g/mol. The molecule has 0 saturated carbocycles. The van der Waals surface area contributed by atoms with Crippen molar-refractivity contribution in [2.45, 2.75) is 12.5 Å². The van der Waals surface area contributed by atoms with Crippen molar-refractivity contribution in [3.63, 3.8) is 0 Å². The zero-order valence-electron chi connectivity index (χ0n) is 20.8. The van der Waals surface area contributed by atoms with Crippen LogP contribution in [0.5, 0.6) is 0 Å². The lowest BCUT2D eigenvalue weighted by Gasteiger charge is -2.36. The van der Waals surface area contributed by atoms with E-state index >= 15 is 0 Å². The fourth-order valence-electron chi connectivity index (χ4n) is 4.40. The van der Waals surface area contributed by atoms with E-state index in [1.165, 1.54) is 19.1 Å². The number of carbonyl (C=O) groups excluding carboxylic acids is 2. The van der Waals surface area contributed by atoms with Crippen molar-refractivity contribution in [3.8, 4) is 6.07 Å². The highest BCUT2D eigenvalue weighted by molar-refractivity contribution is 9.10. The predicted molar refractivity (Wildman–Crippen MR) is 147 cm³/mol. The second-order valence-corrected chi connectivity index (χ2v) is 9.25. The van der Waals surface area contributed by atoms with Gasteiger partial charge in [-0.05, 0) is 29.3 Å². The fourth-order valence-corrected chi connectivity index (χ4v) is 4.74. The summed E-state index contributed by atoms with van der Waals surface area (Å²) in [6.07, 6.45) is 0. The first-order valence-electron chi connectivity index (χ1n) is 11.6. The number of benzene rings is 3. The maximum atomic E-state index is 13.4. The van der Waals surface area contributed by atoms with Crippen LogP contribution in [0.4, 0.5) is 11.4 Å². The highest BCUT2D eigenvalue weighted by Crippen LogP contribution is 2.45. The Hall–Kier alpha value is -4.55. The largest absolute Gasteiger partial charge is 0.466 e. The van der Waals surface area contributed by atoms with Crippen LogP contribution >= 0.6 is 15.9 Å². The standard InChI is InChI=1S/C29H25BrN4O4/c1-37-28(35)25-24(19-11-7-4-8-12-19)21(16-31)27(32)34(26(25)29(36)38-2)23-15-20(30)13-14-22(23)33-17-18-9-5-3-6-10-18/h3-15,24,33H,17,32H2,1-2H3. The summed E-state index contributed by atoms with van der Waals surface area (Å²) in [5.41, 5.74) is 9.25. The monoisotopic (exact) mass is 572 g/mol. The molecule has 0 aromatic heterocycles. The maximum absolute atomic E-state index is 13.4. The van der Waals surface area contributed by atoms with Crippen LogP contribution in [0.15, 0.2) is 106 Å². The van der Waals surface area contributed by atoms with Crippen LogP contribution in [0, 0.1) is 11.3 Å². The summed E-state index contributed by atoms with van der Waals surface area (Å²) in [6, 6.07) is 26.2. The second kappa shape index (κ2) is 11.7. The molecule has 1 atom stereocenters. The molecule has 3 N–H and O–H groups in total. The number of nitriles is 1. The second-order valence-electron chi connectivity index (χ2n) is 8.34. The molecule has 4 rings (SSSR count). The summed E-state index contributed by atoms with van der Waals surface area (Å²) in [5.74, 6) is -2.53. The number of anilines is 2. The van der Waals surface area contributed by atoms with Gasteiger partial charge in [-0.3, -0.25) is 4.90 Å². The molecular weight excluding hydrogens is 548 g/mol. The van der Waals surface area contributed by atoms with Crippen molar-refractivity contribution in [1.29, 1.82) is 5.26 Å². The van der Waals surface area contributed by atoms with Crippen molar-refractivity contribution in [3.05, 3.63) is 117 Å². The first kappa shape index (κ1) is 26.5. The van der Waals surface area contributed by atoms with Crippen LogP contribution in [0.25, 0.3) is 0 Å². The average Bonchev–Trinajstić information content (AvgIpc) is 2.96. The summed E-state index contributed by atoms with van der Waals surface area (Å²) in [6.45, 7) is 0.478. The van der Waals surface area contributed by atoms with Gasteiger partial charge in [-0.15, -0.1) is 0 Å². The third-order valence-corrected chi connectivity index (χ3v) is 6.63. The fraction of sp³-hybridized carbons (Fsp3) is 0.138. The van der Waals surface area contributed by atoms with E-state index in [2.05, 4.69) is 27.3 Å². The first-order valence-corrected chi connectivity index (χ1v) is 12.4. The number of halogens is 1. The molecule has 1 aliphatic rings. The van der Waals surface area contributed by atoms with Crippen molar-refractivity contribution in [2.24, 2.45) is 5.73 Å². The Kier molecular flexibility index (Phi) is 8.14. The summed E-state index contributed by atoms with van der Waals surface area (Å²) >= 11 is 3.49. The van der Waals surface area contributed by atoms with Gasteiger partial charge >= 0.3 is 11.9 Å². The SMILES string of the molecule is COC(=O)C1=C(C(=O)OC)N(c2cc(Br)ccc2NCc2ccccc2)C(N)=C(C#N)C1c1ccccc1. The molecule has 0 saturated heterocycles. The Labute approximate surface area is 229 Å². The number of nitrogens with zero attached hydrogens (tertiary/aromatic N) is 2. The summed E-state index contributed by atoms with van der Waals surface area (Å²) in [4.78, 5) is 28.0. The molecule has 38 heavy (non-hydrogen) atoms. The smallest absolute Gasteiger partial charge is 0.355 e. The van der Waals surface area contributed by atoms with E-state index in [0.717, 1.165) is 5.56 Å². The van der Waals surface area contributed by atoms with Gasteiger partial charge in [-0.1, -0.05) is 76.6 Å². The minimum atomic E-state index is -0.938. The van der Waals surface area contributed by atoms with Gasteiger partial charge in [0.1, 0.15) is 11.5 Å². The lowest BCUT2D eigenvalue weighted by atomic mass is 9.81. The van der Waals surface area contributed by atoms with E-state index < -0.39 is 17.9 Å². The Bertz CT molecular complexity index is 1460. The van der Waals surface area contributed by atoms with Crippen molar-refractivity contribution in [1.82, 2.24) is 0 Å². The molecule has 9 heteroatoms. The molecule has 0 fully saturated rings. The van der Waals surface area contributed by atoms with Gasteiger partial charge in [0.2, 0.25) is 0 Å². The van der Waals surface area contributed by atoms with Gasteiger partial charge < -0.3 is 20.5 Å². The lowest BCUT2D eigenvalue weighted by Crippen LogP contribution is -2.41. The number of carbonyl (C=O) groups is 2. The van der Waals surface area contributed by atoms with Crippen LogP contribution < -0.4 is 16.0 Å². The Morgan fingerprint density at radius 2 is 1.63 bits per heavy atom. The van der Waals surface area contributed by atoms with E-state index in [-0.39, 0.29) is 22.7 Å². The molecule has 8 nitrogen and oxygen atoms in total. The van der Waals surface area contributed by atoms with Gasteiger partial charge in [0, 0.05) is 11.0 Å². The molecule has 1 aliphatic heterocycles. The number of nitrogens with two attached hydrogens (primary N) is 1. The van der Waals surface area contributed by atoms with Crippen molar-refractivity contribution < 1.29 is 19.1 Å². The number of esters is 2.